The molecule has 18 heavy (non-hydrogen) atoms. The summed E-state index contributed by atoms with van der Waals surface area (Å²) in [6.45, 7) is 2.28. The molecule has 0 amide bonds. The van der Waals surface area contributed by atoms with E-state index >= 15 is 0 Å². The van der Waals surface area contributed by atoms with E-state index in [1.807, 2.05) is 11.3 Å². The quantitative estimate of drug-likeness (QED) is 0.878. The third-order valence-corrected chi connectivity index (χ3v) is 6.51. The highest BCUT2D eigenvalue weighted by Crippen LogP contribution is 2.36. The van der Waals surface area contributed by atoms with E-state index < -0.39 is 0 Å². The Morgan fingerprint density at radius 2 is 2.33 bits per heavy atom. The molecule has 3 heteroatoms. The zero-order chi connectivity index (χ0) is 12.4. The monoisotopic (exact) mass is 281 g/mol. The summed E-state index contributed by atoms with van der Waals surface area (Å²) in [4.78, 5) is 1.64. The normalized spacial score (nSPS) is 31.5. The fraction of sp³-hybridized carbons (Fsp3) is 0.733. The first kappa shape index (κ1) is 13.0. The van der Waals surface area contributed by atoms with Crippen molar-refractivity contribution >= 4 is 23.1 Å². The number of thioether (sulfide) groups is 1. The number of aryl methyl sites for hydroxylation is 1. The maximum atomic E-state index is 3.94. The molecule has 1 aromatic heterocycles. The highest BCUT2D eigenvalue weighted by atomic mass is 32.2. The second-order valence-electron chi connectivity index (χ2n) is 5.50. The Bertz CT molecular complexity index is 388. The fourth-order valence-corrected chi connectivity index (χ4v) is 5.55. The number of hydrogen-bond acceptors (Lipinski definition) is 3. The number of thiophene rings is 1. The average molecular weight is 281 g/mol. The fourth-order valence-electron chi connectivity index (χ4n) is 3.42. The molecule has 1 heterocycles. The van der Waals surface area contributed by atoms with Crippen LogP contribution in [0.1, 0.15) is 55.5 Å². The summed E-state index contributed by atoms with van der Waals surface area (Å²) in [6.07, 6.45) is 8.20. The molecule has 0 aromatic carbocycles. The Morgan fingerprint density at radius 3 is 3.22 bits per heavy atom. The Balaban J connectivity index is 1.59. The van der Waals surface area contributed by atoms with Crippen molar-refractivity contribution in [1.82, 2.24) is 5.32 Å². The Hall–Kier alpha value is 0.0100. The van der Waals surface area contributed by atoms with Crippen LogP contribution in [0, 0.1) is 0 Å². The first-order valence-corrected chi connectivity index (χ1v) is 9.23. The van der Waals surface area contributed by atoms with Crippen LogP contribution in [0.15, 0.2) is 11.4 Å². The molecule has 3 atom stereocenters. The third-order valence-electron chi connectivity index (χ3n) is 4.28. The van der Waals surface area contributed by atoms with Gasteiger partial charge in [-0.15, -0.1) is 11.3 Å². The van der Waals surface area contributed by atoms with Crippen LogP contribution in [0.2, 0.25) is 0 Å². The Morgan fingerprint density at radius 1 is 1.39 bits per heavy atom. The third kappa shape index (κ3) is 2.78. The summed E-state index contributed by atoms with van der Waals surface area (Å²) in [5, 5.41) is 7.13. The minimum Gasteiger partial charge on any atom is -0.307 e. The molecule has 0 aliphatic heterocycles. The minimum absolute atomic E-state index is 0.648. The van der Waals surface area contributed by atoms with Crippen LogP contribution in [-0.4, -0.2) is 17.0 Å². The molecule has 0 radical (unpaired) electrons. The molecule has 0 spiro atoms. The molecule has 0 bridgehead atoms. The minimum atomic E-state index is 0.648. The molecule has 1 N–H and O–H groups in total. The van der Waals surface area contributed by atoms with Crippen LogP contribution in [0.25, 0.3) is 0 Å². The molecule has 3 rings (SSSR count). The summed E-state index contributed by atoms with van der Waals surface area (Å²) in [5.74, 6) is 1.27. The topological polar surface area (TPSA) is 12.0 Å². The van der Waals surface area contributed by atoms with Crippen LogP contribution >= 0.6 is 23.1 Å². The van der Waals surface area contributed by atoms with Gasteiger partial charge in [-0.2, -0.15) is 11.8 Å². The molecular weight excluding hydrogens is 258 g/mol. The van der Waals surface area contributed by atoms with Crippen molar-refractivity contribution in [3.8, 4) is 0 Å². The lowest BCUT2D eigenvalue weighted by atomic mass is 9.93. The summed E-state index contributed by atoms with van der Waals surface area (Å²) in [6, 6.07) is 3.77. The van der Waals surface area contributed by atoms with Gasteiger partial charge in [-0.25, -0.2) is 0 Å². The predicted octanol–water partition coefficient (Wildman–Crippen LogP) is 4.39. The van der Waals surface area contributed by atoms with E-state index in [0.29, 0.717) is 6.04 Å². The van der Waals surface area contributed by atoms with Gasteiger partial charge in [0, 0.05) is 22.2 Å². The predicted molar refractivity (Wildman–Crippen MR) is 82.7 cm³/mol. The largest absolute Gasteiger partial charge is 0.307 e. The SMILES string of the molecule is CCSC1CCC(NC2CCCc3sccc32)C1. The summed E-state index contributed by atoms with van der Waals surface area (Å²) in [7, 11) is 0. The van der Waals surface area contributed by atoms with Crippen molar-refractivity contribution in [3.05, 3.63) is 21.9 Å². The van der Waals surface area contributed by atoms with Gasteiger partial charge in [0.25, 0.3) is 0 Å². The molecule has 3 unspecified atom stereocenters. The Kier molecular flexibility index (Phi) is 4.32. The number of rotatable bonds is 4. The van der Waals surface area contributed by atoms with E-state index in [1.165, 1.54) is 44.3 Å². The van der Waals surface area contributed by atoms with Gasteiger partial charge in [-0.1, -0.05) is 6.92 Å². The molecule has 100 valence electrons. The standard InChI is InChI=1S/C15H23NS2/c1-2-17-12-7-6-11(10-12)16-14-4-3-5-15-13(14)8-9-18-15/h8-9,11-12,14,16H,2-7,10H2,1H3. The lowest BCUT2D eigenvalue weighted by Gasteiger charge is -2.27. The van der Waals surface area contributed by atoms with Crippen molar-refractivity contribution in [2.24, 2.45) is 0 Å². The molecular formula is C15H23NS2. The zero-order valence-electron chi connectivity index (χ0n) is 11.2. The van der Waals surface area contributed by atoms with Crippen molar-refractivity contribution in [2.45, 2.75) is 62.8 Å². The molecule has 2 aliphatic rings. The molecule has 2 aliphatic carbocycles. The average Bonchev–Trinajstić information content (AvgIpc) is 2.99. The Labute approximate surface area is 119 Å². The van der Waals surface area contributed by atoms with E-state index in [0.717, 1.165) is 11.3 Å². The smallest absolute Gasteiger partial charge is 0.0333 e. The van der Waals surface area contributed by atoms with Crippen molar-refractivity contribution in [1.29, 1.82) is 0 Å². The van der Waals surface area contributed by atoms with E-state index in [2.05, 4.69) is 35.4 Å². The van der Waals surface area contributed by atoms with Gasteiger partial charge in [0.2, 0.25) is 0 Å². The summed E-state index contributed by atoms with van der Waals surface area (Å²) >= 11 is 4.11. The summed E-state index contributed by atoms with van der Waals surface area (Å²) < 4.78 is 0. The molecule has 0 saturated heterocycles. The van der Waals surface area contributed by atoms with Crippen molar-refractivity contribution in [3.63, 3.8) is 0 Å². The number of hydrogen-bond donors (Lipinski definition) is 1. The highest BCUT2D eigenvalue weighted by Gasteiger charge is 2.28. The lowest BCUT2D eigenvalue weighted by Crippen LogP contribution is -2.32. The van der Waals surface area contributed by atoms with E-state index in [4.69, 9.17) is 0 Å². The maximum absolute atomic E-state index is 3.94. The van der Waals surface area contributed by atoms with Gasteiger partial charge in [-0.3, -0.25) is 0 Å². The maximum Gasteiger partial charge on any atom is 0.0333 e. The molecule has 1 fully saturated rings. The van der Waals surface area contributed by atoms with Gasteiger partial charge in [0.1, 0.15) is 0 Å². The number of nitrogens with one attached hydrogen (secondary N) is 1. The van der Waals surface area contributed by atoms with Crippen LogP contribution in [-0.2, 0) is 6.42 Å². The van der Waals surface area contributed by atoms with Gasteiger partial charge in [0.05, 0.1) is 0 Å². The first-order valence-electron chi connectivity index (χ1n) is 7.30. The first-order chi connectivity index (χ1) is 8.86. The molecule has 1 nitrogen and oxygen atoms in total. The second kappa shape index (κ2) is 5.98. The number of fused-ring (bicyclic) bond motifs is 1. The van der Waals surface area contributed by atoms with Gasteiger partial charge in [-0.05, 0) is 61.3 Å². The zero-order valence-corrected chi connectivity index (χ0v) is 12.8. The summed E-state index contributed by atoms with van der Waals surface area (Å²) in [5.41, 5.74) is 1.61. The van der Waals surface area contributed by atoms with E-state index in [1.54, 1.807) is 10.4 Å². The van der Waals surface area contributed by atoms with Crippen molar-refractivity contribution < 1.29 is 0 Å². The molecule has 1 aromatic rings. The van der Waals surface area contributed by atoms with Gasteiger partial charge >= 0.3 is 0 Å². The van der Waals surface area contributed by atoms with Gasteiger partial charge < -0.3 is 5.32 Å². The van der Waals surface area contributed by atoms with E-state index in [-0.39, 0.29) is 0 Å². The lowest BCUT2D eigenvalue weighted by molar-refractivity contribution is 0.400. The second-order valence-corrected chi connectivity index (χ2v) is 8.08. The van der Waals surface area contributed by atoms with E-state index in [9.17, 15) is 0 Å². The highest BCUT2D eigenvalue weighted by molar-refractivity contribution is 7.99. The molecule has 1 saturated carbocycles. The van der Waals surface area contributed by atoms with Crippen molar-refractivity contribution in [2.75, 3.05) is 5.75 Å². The van der Waals surface area contributed by atoms with Crippen LogP contribution < -0.4 is 5.32 Å². The van der Waals surface area contributed by atoms with Crippen LogP contribution in [0.3, 0.4) is 0 Å². The van der Waals surface area contributed by atoms with Crippen LogP contribution in [0.4, 0.5) is 0 Å². The van der Waals surface area contributed by atoms with Gasteiger partial charge in [0.15, 0.2) is 0 Å². The van der Waals surface area contributed by atoms with Crippen LogP contribution in [0.5, 0.6) is 0 Å².